The summed E-state index contributed by atoms with van der Waals surface area (Å²) in [6, 6.07) is 10.8. The molecule has 1 aliphatic rings. The fourth-order valence-electron chi connectivity index (χ4n) is 3.65. The number of hydrogen-bond donors (Lipinski definition) is 2. The highest BCUT2D eigenvalue weighted by Gasteiger charge is 2.30. The molecule has 34 heavy (non-hydrogen) atoms. The Balaban J connectivity index is 1.35. The molecule has 0 spiro atoms. The monoisotopic (exact) mass is 480 g/mol. The Morgan fingerprint density at radius 1 is 1.12 bits per heavy atom. The van der Waals surface area contributed by atoms with Crippen molar-refractivity contribution in [2.75, 3.05) is 23.7 Å². The number of likely N-dealkylation sites (tertiary alicyclic amines) is 1. The molecule has 8 nitrogen and oxygen atoms in total. The van der Waals surface area contributed by atoms with E-state index in [4.69, 9.17) is 4.42 Å². The van der Waals surface area contributed by atoms with Crippen LogP contribution < -0.4 is 10.6 Å². The number of piperidine rings is 1. The average Bonchev–Trinajstić information content (AvgIpc) is 3.51. The van der Waals surface area contributed by atoms with Crippen LogP contribution in [0.3, 0.4) is 0 Å². The zero-order valence-corrected chi connectivity index (χ0v) is 20.3. The van der Waals surface area contributed by atoms with E-state index in [0.29, 0.717) is 24.6 Å². The maximum atomic E-state index is 12.9. The minimum atomic E-state index is -0.470. The summed E-state index contributed by atoms with van der Waals surface area (Å²) in [5.74, 6) is -0.398. The molecule has 178 valence electrons. The first-order chi connectivity index (χ1) is 16.2. The molecule has 1 atom stereocenters. The lowest BCUT2D eigenvalue weighted by molar-refractivity contribution is -0.123. The van der Waals surface area contributed by atoms with Gasteiger partial charge in [-0.2, -0.15) is 0 Å². The number of carbonyl (C=O) groups is 3. The van der Waals surface area contributed by atoms with Gasteiger partial charge < -0.3 is 20.0 Å². The number of furan rings is 1. The van der Waals surface area contributed by atoms with Gasteiger partial charge in [0.2, 0.25) is 11.8 Å². The van der Waals surface area contributed by atoms with Gasteiger partial charge in [0.05, 0.1) is 17.9 Å². The van der Waals surface area contributed by atoms with Gasteiger partial charge in [0, 0.05) is 35.1 Å². The third-order valence-electron chi connectivity index (χ3n) is 5.67. The number of amides is 3. The molecule has 4 rings (SSSR count). The van der Waals surface area contributed by atoms with Crippen molar-refractivity contribution in [3.8, 4) is 11.3 Å². The first-order valence-electron chi connectivity index (χ1n) is 11.2. The van der Waals surface area contributed by atoms with Crippen molar-refractivity contribution in [3.05, 3.63) is 53.8 Å². The van der Waals surface area contributed by atoms with Crippen LogP contribution in [0.15, 0.2) is 52.5 Å². The van der Waals surface area contributed by atoms with Crippen molar-refractivity contribution in [2.24, 2.45) is 11.3 Å². The van der Waals surface area contributed by atoms with Crippen molar-refractivity contribution in [3.63, 3.8) is 0 Å². The summed E-state index contributed by atoms with van der Waals surface area (Å²) >= 11 is 1.35. The normalized spacial score (nSPS) is 16.2. The Hall–Kier alpha value is -3.46. The second-order valence-corrected chi connectivity index (χ2v) is 10.2. The number of thiazole rings is 1. The zero-order chi connectivity index (χ0) is 24.3. The van der Waals surface area contributed by atoms with Gasteiger partial charge in [-0.25, -0.2) is 4.98 Å². The third-order valence-corrected chi connectivity index (χ3v) is 6.42. The molecule has 0 unspecified atom stereocenters. The average molecular weight is 481 g/mol. The van der Waals surface area contributed by atoms with Gasteiger partial charge in [0.15, 0.2) is 10.9 Å². The molecule has 1 saturated heterocycles. The molecule has 9 heteroatoms. The number of hydrogen-bond acceptors (Lipinski definition) is 6. The third kappa shape index (κ3) is 5.53. The second kappa shape index (κ2) is 9.80. The van der Waals surface area contributed by atoms with Gasteiger partial charge in [-0.05, 0) is 37.1 Å². The van der Waals surface area contributed by atoms with Crippen LogP contribution in [0.2, 0.25) is 0 Å². The van der Waals surface area contributed by atoms with Crippen LogP contribution >= 0.6 is 11.3 Å². The van der Waals surface area contributed by atoms with E-state index >= 15 is 0 Å². The summed E-state index contributed by atoms with van der Waals surface area (Å²) in [7, 11) is 0. The molecule has 2 aromatic heterocycles. The molecule has 1 aromatic carbocycles. The lowest BCUT2D eigenvalue weighted by Gasteiger charge is -2.31. The standard InChI is InChI=1S/C25H28N4O4S/c1-25(2,3)23(32)26-18-10-8-16(9-11-18)19-15-34-24(27-19)28-21(30)17-6-4-12-29(14-17)22(31)20-7-5-13-33-20/h5,7-11,13,15,17H,4,6,12,14H2,1-3H3,(H,26,32)(H,27,28,30)/t17-/m1/s1. The molecule has 0 radical (unpaired) electrons. The number of aromatic nitrogens is 1. The molecule has 1 aliphatic heterocycles. The van der Waals surface area contributed by atoms with Gasteiger partial charge in [0.25, 0.3) is 5.91 Å². The number of nitrogens with zero attached hydrogens (tertiary/aromatic N) is 2. The summed E-state index contributed by atoms with van der Waals surface area (Å²) in [4.78, 5) is 43.8. The van der Waals surface area contributed by atoms with Crippen LogP contribution in [0.5, 0.6) is 0 Å². The molecular weight excluding hydrogens is 452 g/mol. The highest BCUT2D eigenvalue weighted by atomic mass is 32.1. The molecule has 1 fully saturated rings. The van der Waals surface area contributed by atoms with Crippen LogP contribution in [0.25, 0.3) is 11.3 Å². The van der Waals surface area contributed by atoms with Crippen molar-refractivity contribution in [1.29, 1.82) is 0 Å². The van der Waals surface area contributed by atoms with E-state index in [1.54, 1.807) is 17.0 Å². The minimum absolute atomic E-state index is 0.0500. The van der Waals surface area contributed by atoms with E-state index in [1.165, 1.54) is 17.6 Å². The molecule has 3 amide bonds. The highest BCUT2D eigenvalue weighted by molar-refractivity contribution is 7.14. The molecule has 3 heterocycles. The number of anilines is 2. The molecule has 0 saturated carbocycles. The van der Waals surface area contributed by atoms with E-state index in [-0.39, 0.29) is 29.4 Å². The Morgan fingerprint density at radius 2 is 1.88 bits per heavy atom. The highest BCUT2D eigenvalue weighted by Crippen LogP contribution is 2.28. The predicted molar refractivity (Wildman–Crippen MR) is 132 cm³/mol. The number of benzene rings is 1. The van der Waals surface area contributed by atoms with Gasteiger partial charge in [0.1, 0.15) is 0 Å². The van der Waals surface area contributed by atoms with Crippen molar-refractivity contribution in [1.82, 2.24) is 9.88 Å². The fraction of sp³-hybridized carbons (Fsp3) is 0.360. The summed E-state index contributed by atoms with van der Waals surface area (Å²) in [6.45, 7) is 6.55. The molecule has 0 aliphatic carbocycles. The van der Waals surface area contributed by atoms with E-state index in [0.717, 1.165) is 23.4 Å². The number of nitrogens with one attached hydrogen (secondary N) is 2. The van der Waals surface area contributed by atoms with Crippen LogP contribution in [0.4, 0.5) is 10.8 Å². The summed E-state index contributed by atoms with van der Waals surface area (Å²) in [5, 5.41) is 8.20. The van der Waals surface area contributed by atoms with Crippen LogP contribution in [0, 0.1) is 11.3 Å². The van der Waals surface area contributed by atoms with Crippen LogP contribution in [0.1, 0.15) is 44.2 Å². The zero-order valence-electron chi connectivity index (χ0n) is 19.5. The Kier molecular flexibility index (Phi) is 6.83. The van der Waals surface area contributed by atoms with Gasteiger partial charge in [-0.3, -0.25) is 14.4 Å². The lowest BCUT2D eigenvalue weighted by Crippen LogP contribution is -2.43. The SMILES string of the molecule is CC(C)(C)C(=O)Nc1ccc(-c2csc(NC(=O)[C@@H]3CCCN(C(=O)c4ccco4)C3)n2)cc1. The minimum Gasteiger partial charge on any atom is -0.459 e. The fourth-order valence-corrected chi connectivity index (χ4v) is 4.37. The van der Waals surface area contributed by atoms with E-state index < -0.39 is 5.41 Å². The molecule has 3 aromatic rings. The van der Waals surface area contributed by atoms with Crippen molar-refractivity contribution >= 4 is 39.9 Å². The maximum absolute atomic E-state index is 12.9. The Morgan fingerprint density at radius 3 is 2.56 bits per heavy atom. The first-order valence-corrected chi connectivity index (χ1v) is 12.1. The summed E-state index contributed by atoms with van der Waals surface area (Å²) in [5.41, 5.74) is 1.88. The van der Waals surface area contributed by atoms with Gasteiger partial charge in [-0.1, -0.05) is 32.9 Å². The smallest absolute Gasteiger partial charge is 0.289 e. The van der Waals surface area contributed by atoms with Gasteiger partial charge >= 0.3 is 0 Å². The summed E-state index contributed by atoms with van der Waals surface area (Å²) < 4.78 is 5.20. The largest absolute Gasteiger partial charge is 0.459 e. The van der Waals surface area contributed by atoms with Crippen molar-refractivity contribution in [2.45, 2.75) is 33.6 Å². The number of carbonyl (C=O) groups excluding carboxylic acids is 3. The van der Waals surface area contributed by atoms with Crippen LogP contribution in [-0.2, 0) is 9.59 Å². The quantitative estimate of drug-likeness (QED) is 0.542. The summed E-state index contributed by atoms with van der Waals surface area (Å²) in [6.07, 6.45) is 2.94. The Labute approximate surface area is 202 Å². The van der Waals surface area contributed by atoms with E-state index in [1.807, 2.05) is 50.4 Å². The predicted octanol–water partition coefficient (Wildman–Crippen LogP) is 4.88. The Bertz CT molecular complexity index is 1160. The van der Waals surface area contributed by atoms with E-state index in [9.17, 15) is 14.4 Å². The maximum Gasteiger partial charge on any atom is 0.289 e. The van der Waals surface area contributed by atoms with E-state index in [2.05, 4.69) is 15.6 Å². The van der Waals surface area contributed by atoms with Gasteiger partial charge in [-0.15, -0.1) is 11.3 Å². The first kappa shape index (κ1) is 23.7. The number of rotatable bonds is 5. The second-order valence-electron chi connectivity index (χ2n) is 9.38. The van der Waals surface area contributed by atoms with Crippen molar-refractivity contribution < 1.29 is 18.8 Å². The lowest BCUT2D eigenvalue weighted by atomic mass is 9.95. The molecule has 0 bridgehead atoms. The molecular formula is C25H28N4O4S. The van der Waals surface area contributed by atoms with Crippen LogP contribution in [-0.4, -0.2) is 40.7 Å². The topological polar surface area (TPSA) is 105 Å². The molecule has 2 N–H and O–H groups in total.